The van der Waals surface area contributed by atoms with Gasteiger partial charge in [0.05, 0.1) is 17.3 Å². The third kappa shape index (κ3) is 5.90. The van der Waals surface area contributed by atoms with Gasteiger partial charge >= 0.3 is 0 Å². The van der Waals surface area contributed by atoms with Crippen LogP contribution in [0.2, 0.25) is 0 Å². The van der Waals surface area contributed by atoms with Gasteiger partial charge < -0.3 is 10.6 Å². The Labute approximate surface area is 152 Å². The SMILES string of the molecule is Cc1ccc(SCC(=O)NCC(=O)Nc2c(C)cc(C)cc2C)nc1. The number of anilines is 1. The molecule has 2 rings (SSSR count). The van der Waals surface area contributed by atoms with Crippen molar-refractivity contribution in [2.45, 2.75) is 32.7 Å². The number of nitrogens with zero attached hydrogens (tertiary/aromatic N) is 1. The molecule has 2 amide bonds. The summed E-state index contributed by atoms with van der Waals surface area (Å²) in [7, 11) is 0. The van der Waals surface area contributed by atoms with Gasteiger partial charge in [-0.05, 0) is 50.5 Å². The summed E-state index contributed by atoms with van der Waals surface area (Å²) in [5, 5.41) is 6.29. The third-order valence-corrected chi connectivity index (χ3v) is 4.57. The number of aryl methyl sites for hydroxylation is 4. The highest BCUT2D eigenvalue weighted by atomic mass is 32.2. The summed E-state index contributed by atoms with van der Waals surface area (Å²) in [6.45, 7) is 7.85. The lowest BCUT2D eigenvalue weighted by atomic mass is 10.1. The molecule has 0 spiro atoms. The van der Waals surface area contributed by atoms with Crippen LogP contribution in [0.3, 0.4) is 0 Å². The van der Waals surface area contributed by atoms with Crippen molar-refractivity contribution in [3.8, 4) is 0 Å². The van der Waals surface area contributed by atoms with Crippen molar-refractivity contribution >= 4 is 29.3 Å². The molecule has 25 heavy (non-hydrogen) atoms. The summed E-state index contributed by atoms with van der Waals surface area (Å²) in [5.41, 5.74) is 5.06. The molecule has 0 fully saturated rings. The molecule has 0 bridgehead atoms. The first-order valence-electron chi connectivity index (χ1n) is 8.05. The minimum Gasteiger partial charge on any atom is -0.346 e. The number of carbonyl (C=O) groups is 2. The average Bonchev–Trinajstić information content (AvgIpc) is 2.55. The van der Waals surface area contributed by atoms with Gasteiger partial charge in [0.1, 0.15) is 0 Å². The Morgan fingerprint density at radius 1 is 1.00 bits per heavy atom. The predicted octanol–water partition coefficient (Wildman–Crippen LogP) is 3.16. The second-order valence-electron chi connectivity index (χ2n) is 6.06. The van der Waals surface area contributed by atoms with Crippen molar-refractivity contribution < 1.29 is 9.59 Å². The van der Waals surface area contributed by atoms with E-state index in [-0.39, 0.29) is 24.1 Å². The molecule has 0 atom stereocenters. The van der Waals surface area contributed by atoms with Crippen molar-refractivity contribution in [1.29, 1.82) is 0 Å². The van der Waals surface area contributed by atoms with Crippen LogP contribution in [0.5, 0.6) is 0 Å². The van der Waals surface area contributed by atoms with Gasteiger partial charge in [-0.2, -0.15) is 0 Å². The van der Waals surface area contributed by atoms with Gasteiger partial charge in [0.15, 0.2) is 0 Å². The average molecular weight is 357 g/mol. The maximum absolute atomic E-state index is 12.1. The number of hydrogen-bond acceptors (Lipinski definition) is 4. The number of hydrogen-bond donors (Lipinski definition) is 2. The molecule has 6 heteroatoms. The number of aromatic nitrogens is 1. The lowest BCUT2D eigenvalue weighted by Crippen LogP contribution is -2.34. The molecule has 2 aromatic rings. The Bertz CT molecular complexity index is 750. The van der Waals surface area contributed by atoms with E-state index < -0.39 is 0 Å². The topological polar surface area (TPSA) is 71.1 Å². The van der Waals surface area contributed by atoms with E-state index >= 15 is 0 Å². The molecule has 1 heterocycles. The Hall–Kier alpha value is -2.34. The molecular weight excluding hydrogens is 334 g/mol. The Kier molecular flexibility index (Phi) is 6.58. The molecule has 0 aliphatic heterocycles. The second kappa shape index (κ2) is 8.67. The standard InChI is InChI=1S/C19H23N3O2S/c1-12-5-6-18(21-9-12)25-11-17(24)20-10-16(23)22-19-14(3)7-13(2)8-15(19)4/h5-9H,10-11H2,1-4H3,(H,20,24)(H,22,23). The van der Waals surface area contributed by atoms with Crippen molar-refractivity contribution in [3.05, 3.63) is 52.7 Å². The molecule has 2 N–H and O–H groups in total. The van der Waals surface area contributed by atoms with E-state index in [1.807, 2.05) is 52.0 Å². The van der Waals surface area contributed by atoms with Crippen LogP contribution in [0.4, 0.5) is 5.69 Å². The van der Waals surface area contributed by atoms with Gasteiger partial charge in [0, 0.05) is 11.9 Å². The molecule has 0 aliphatic carbocycles. The molecule has 5 nitrogen and oxygen atoms in total. The number of carbonyl (C=O) groups excluding carboxylic acids is 2. The van der Waals surface area contributed by atoms with Crippen LogP contribution in [0.1, 0.15) is 22.3 Å². The van der Waals surface area contributed by atoms with Crippen molar-refractivity contribution in [2.75, 3.05) is 17.6 Å². The minimum absolute atomic E-state index is 0.0481. The van der Waals surface area contributed by atoms with Crippen LogP contribution < -0.4 is 10.6 Å². The number of benzene rings is 1. The van der Waals surface area contributed by atoms with Crippen LogP contribution >= 0.6 is 11.8 Å². The van der Waals surface area contributed by atoms with E-state index in [1.54, 1.807) is 6.20 Å². The molecule has 1 aromatic heterocycles. The summed E-state index contributed by atoms with van der Waals surface area (Å²) in [6, 6.07) is 7.87. The van der Waals surface area contributed by atoms with E-state index in [0.29, 0.717) is 0 Å². The molecule has 0 unspecified atom stereocenters. The highest BCUT2D eigenvalue weighted by molar-refractivity contribution is 7.99. The van der Waals surface area contributed by atoms with E-state index in [1.165, 1.54) is 11.8 Å². The summed E-state index contributed by atoms with van der Waals surface area (Å²) in [5.74, 6) is -0.201. The van der Waals surface area contributed by atoms with E-state index in [9.17, 15) is 9.59 Å². The fourth-order valence-corrected chi connectivity index (χ4v) is 3.14. The van der Waals surface area contributed by atoms with Crippen molar-refractivity contribution in [2.24, 2.45) is 0 Å². The molecule has 0 saturated heterocycles. The van der Waals surface area contributed by atoms with Gasteiger partial charge in [-0.15, -0.1) is 0 Å². The van der Waals surface area contributed by atoms with Gasteiger partial charge in [-0.3, -0.25) is 9.59 Å². The summed E-state index contributed by atoms with van der Waals surface area (Å²) in [4.78, 5) is 28.2. The highest BCUT2D eigenvalue weighted by Crippen LogP contribution is 2.21. The number of nitrogens with one attached hydrogen (secondary N) is 2. The second-order valence-corrected chi connectivity index (χ2v) is 7.06. The summed E-state index contributed by atoms with van der Waals surface area (Å²) >= 11 is 1.34. The number of amides is 2. The van der Waals surface area contributed by atoms with Crippen LogP contribution in [0.15, 0.2) is 35.5 Å². The predicted molar refractivity (Wildman–Crippen MR) is 102 cm³/mol. The maximum atomic E-state index is 12.1. The van der Waals surface area contributed by atoms with Gasteiger partial charge in [-0.1, -0.05) is 35.5 Å². The number of pyridine rings is 1. The molecule has 0 aliphatic rings. The smallest absolute Gasteiger partial charge is 0.243 e. The zero-order valence-corrected chi connectivity index (χ0v) is 15.8. The lowest BCUT2D eigenvalue weighted by molar-refractivity contribution is -0.122. The highest BCUT2D eigenvalue weighted by Gasteiger charge is 2.10. The van der Waals surface area contributed by atoms with Crippen molar-refractivity contribution in [3.63, 3.8) is 0 Å². The summed E-state index contributed by atoms with van der Waals surface area (Å²) < 4.78 is 0. The van der Waals surface area contributed by atoms with E-state index in [4.69, 9.17) is 0 Å². The van der Waals surface area contributed by atoms with Gasteiger partial charge in [-0.25, -0.2) is 4.98 Å². The maximum Gasteiger partial charge on any atom is 0.243 e. The number of thioether (sulfide) groups is 1. The first-order chi connectivity index (χ1) is 11.8. The zero-order valence-electron chi connectivity index (χ0n) is 15.0. The largest absolute Gasteiger partial charge is 0.346 e. The van der Waals surface area contributed by atoms with Crippen LogP contribution in [0, 0.1) is 27.7 Å². The normalized spacial score (nSPS) is 10.4. The van der Waals surface area contributed by atoms with Crippen LogP contribution in [-0.4, -0.2) is 29.1 Å². The molecular formula is C19H23N3O2S. The Balaban J connectivity index is 1.79. The Morgan fingerprint density at radius 2 is 1.68 bits per heavy atom. The molecule has 132 valence electrons. The molecule has 0 radical (unpaired) electrons. The van der Waals surface area contributed by atoms with Crippen molar-refractivity contribution in [1.82, 2.24) is 10.3 Å². The quantitative estimate of drug-likeness (QED) is 0.779. The minimum atomic E-state index is -0.234. The summed E-state index contributed by atoms with van der Waals surface area (Å²) in [6.07, 6.45) is 1.76. The van der Waals surface area contributed by atoms with Gasteiger partial charge in [0.25, 0.3) is 0 Å². The number of rotatable bonds is 6. The van der Waals surface area contributed by atoms with Gasteiger partial charge in [0.2, 0.25) is 11.8 Å². The van der Waals surface area contributed by atoms with E-state index in [0.717, 1.165) is 33.0 Å². The first kappa shape index (κ1) is 19.0. The fraction of sp³-hybridized carbons (Fsp3) is 0.316. The van der Waals surface area contributed by atoms with Crippen LogP contribution in [-0.2, 0) is 9.59 Å². The van der Waals surface area contributed by atoms with E-state index in [2.05, 4.69) is 15.6 Å². The van der Waals surface area contributed by atoms with Crippen LogP contribution in [0.25, 0.3) is 0 Å². The Morgan fingerprint density at radius 3 is 2.28 bits per heavy atom. The monoisotopic (exact) mass is 357 g/mol. The fourth-order valence-electron chi connectivity index (χ4n) is 2.47. The lowest BCUT2D eigenvalue weighted by Gasteiger charge is -2.13. The molecule has 0 saturated carbocycles. The third-order valence-electron chi connectivity index (χ3n) is 3.62. The molecule has 1 aromatic carbocycles. The first-order valence-corrected chi connectivity index (χ1v) is 9.03. The zero-order chi connectivity index (χ0) is 18.4.